The van der Waals surface area contributed by atoms with Gasteiger partial charge in [0.2, 0.25) is 0 Å². The van der Waals surface area contributed by atoms with E-state index >= 15 is 0 Å². The summed E-state index contributed by atoms with van der Waals surface area (Å²) in [6, 6.07) is 0. The first-order chi connectivity index (χ1) is 9.50. The van der Waals surface area contributed by atoms with E-state index in [2.05, 4.69) is 56.5 Å². The molecule has 0 atom stereocenters. The van der Waals surface area contributed by atoms with Gasteiger partial charge in [0, 0.05) is 0 Å². The van der Waals surface area contributed by atoms with Crippen molar-refractivity contribution < 1.29 is 4.58 Å². The number of hydrogen-bond donors (Lipinski definition) is 0. The third kappa shape index (κ3) is 9.22. The smallest absolute Gasteiger partial charge is 0.270 e. The van der Waals surface area contributed by atoms with Gasteiger partial charge in [-0.3, -0.25) is 14.4 Å². The minimum absolute atomic E-state index is 1.15. The van der Waals surface area contributed by atoms with Gasteiger partial charge < -0.3 is 0 Å². The molecule has 0 aliphatic heterocycles. The molecular weight excluding hydrogens is 246 g/mol. The minimum Gasteiger partial charge on any atom is -0.270 e. The summed E-state index contributed by atoms with van der Waals surface area (Å²) >= 11 is 0. The quantitative estimate of drug-likeness (QED) is 0.262. The average Bonchev–Trinajstić information content (AvgIpc) is 2.36. The Morgan fingerprint density at radius 1 is 0.750 bits per heavy atom. The molecule has 0 aromatic rings. The van der Waals surface area contributed by atoms with Crippen molar-refractivity contribution in [2.45, 2.75) is 64.7 Å². The molecule has 0 heterocycles. The highest BCUT2D eigenvalue weighted by molar-refractivity contribution is 5.74. The number of unbranched alkanes of at least 4 members (excludes halogenated alkanes) is 8. The highest BCUT2D eigenvalue weighted by Gasteiger charge is 2.17. The van der Waals surface area contributed by atoms with E-state index in [1.54, 1.807) is 0 Å². The molecule has 0 bridgehead atoms. The Hall–Kier alpha value is -0.730. The van der Waals surface area contributed by atoms with Crippen molar-refractivity contribution in [3.8, 4) is 0 Å². The van der Waals surface area contributed by atoms with Crippen LogP contribution in [0.4, 0.5) is 0 Å². The topological polar surface area (TPSA) is 9.49 Å². The highest BCUT2D eigenvalue weighted by Crippen LogP contribution is 2.09. The Morgan fingerprint density at radius 2 is 1.20 bits per heavy atom. The summed E-state index contributed by atoms with van der Waals surface area (Å²) < 4.78 is 2.19. The zero-order valence-corrected chi connectivity index (χ0v) is 14.9. The van der Waals surface area contributed by atoms with Crippen LogP contribution in [0.25, 0.3) is 0 Å². The van der Waals surface area contributed by atoms with Crippen molar-refractivity contribution in [2.75, 3.05) is 41.8 Å². The van der Waals surface area contributed by atoms with Gasteiger partial charge in [0.25, 0.3) is 0 Å². The molecule has 0 saturated carbocycles. The summed E-state index contributed by atoms with van der Waals surface area (Å²) in [4.78, 5) is 4.55. The van der Waals surface area contributed by atoms with Crippen LogP contribution in [0.3, 0.4) is 0 Å². The second kappa shape index (κ2) is 12.0. The van der Waals surface area contributed by atoms with Gasteiger partial charge in [-0.05, 0) is 6.42 Å². The predicted molar refractivity (Wildman–Crippen MR) is 90.7 cm³/mol. The lowest BCUT2D eigenvalue weighted by molar-refractivity contribution is -0.475. The van der Waals surface area contributed by atoms with Crippen LogP contribution >= 0.6 is 0 Å². The van der Waals surface area contributed by atoms with E-state index in [1.165, 1.54) is 63.7 Å². The second-order valence-corrected chi connectivity index (χ2v) is 6.34. The molecule has 0 aliphatic rings. The van der Waals surface area contributed by atoms with Gasteiger partial charge in [0.15, 0.2) is 0 Å². The summed E-state index contributed by atoms with van der Waals surface area (Å²) in [5.41, 5.74) is 0. The van der Waals surface area contributed by atoms with Gasteiger partial charge in [-0.15, -0.1) is 0 Å². The number of rotatable bonds is 10. The van der Waals surface area contributed by atoms with Crippen LogP contribution in [0.2, 0.25) is 0 Å². The fraction of sp³-hybridized carbons (Fsp3) is 0.941. The van der Waals surface area contributed by atoms with Crippen molar-refractivity contribution in [1.29, 1.82) is 0 Å². The van der Waals surface area contributed by atoms with Crippen molar-refractivity contribution >= 4 is 5.96 Å². The molecule has 0 aliphatic carbocycles. The molecular formula is C17H38N3+. The average molecular weight is 285 g/mol. The van der Waals surface area contributed by atoms with E-state index in [1.807, 2.05) is 0 Å². The first-order valence-corrected chi connectivity index (χ1v) is 8.43. The summed E-state index contributed by atoms with van der Waals surface area (Å²) in [6.07, 6.45) is 12.6. The first kappa shape index (κ1) is 19.3. The molecule has 0 unspecified atom stereocenters. The number of hydrogen-bond acceptors (Lipinski definition) is 0. The zero-order valence-electron chi connectivity index (χ0n) is 14.9. The maximum Gasteiger partial charge on any atom is 0.349 e. The maximum absolute atomic E-state index is 2.36. The van der Waals surface area contributed by atoms with E-state index < -0.39 is 0 Å². The molecule has 20 heavy (non-hydrogen) atoms. The Labute approximate surface area is 127 Å². The van der Waals surface area contributed by atoms with Gasteiger partial charge >= 0.3 is 5.96 Å². The molecule has 0 saturated heterocycles. The normalized spacial score (nSPS) is 10.5. The molecule has 0 aromatic heterocycles. The van der Waals surface area contributed by atoms with Crippen LogP contribution in [-0.4, -0.2) is 62.1 Å². The molecule has 0 N–H and O–H groups in total. The van der Waals surface area contributed by atoms with E-state index in [0.717, 1.165) is 6.54 Å². The summed E-state index contributed by atoms with van der Waals surface area (Å²) in [6.45, 7) is 3.44. The third-order valence-corrected chi connectivity index (χ3v) is 3.74. The Bertz CT molecular complexity index is 255. The SMILES string of the molecule is CCCCCCCCCCCN(C)C(N(C)C)=[N+](C)C. The largest absolute Gasteiger partial charge is 0.349 e. The maximum atomic E-state index is 2.36. The summed E-state index contributed by atoms with van der Waals surface area (Å²) in [7, 11) is 10.6. The van der Waals surface area contributed by atoms with Crippen LogP contribution in [0.15, 0.2) is 0 Å². The van der Waals surface area contributed by atoms with E-state index in [0.29, 0.717) is 0 Å². The van der Waals surface area contributed by atoms with Crippen LogP contribution < -0.4 is 0 Å². The third-order valence-electron chi connectivity index (χ3n) is 3.74. The van der Waals surface area contributed by atoms with Crippen molar-refractivity contribution in [1.82, 2.24) is 9.80 Å². The van der Waals surface area contributed by atoms with E-state index in [4.69, 9.17) is 0 Å². The van der Waals surface area contributed by atoms with Crippen LogP contribution in [0, 0.1) is 0 Å². The van der Waals surface area contributed by atoms with Crippen LogP contribution in [0.5, 0.6) is 0 Å². The van der Waals surface area contributed by atoms with Crippen molar-refractivity contribution in [3.05, 3.63) is 0 Å². The Kier molecular flexibility index (Phi) is 11.6. The highest BCUT2D eigenvalue weighted by atomic mass is 15.4. The molecule has 0 fully saturated rings. The van der Waals surface area contributed by atoms with Crippen LogP contribution in [0.1, 0.15) is 64.7 Å². The van der Waals surface area contributed by atoms with Gasteiger partial charge in [-0.25, -0.2) is 0 Å². The minimum atomic E-state index is 1.15. The van der Waals surface area contributed by atoms with Crippen molar-refractivity contribution in [3.63, 3.8) is 0 Å². The first-order valence-electron chi connectivity index (χ1n) is 8.43. The monoisotopic (exact) mass is 284 g/mol. The van der Waals surface area contributed by atoms with Gasteiger partial charge in [0.05, 0.1) is 41.8 Å². The molecule has 3 nitrogen and oxygen atoms in total. The molecule has 0 rings (SSSR count). The van der Waals surface area contributed by atoms with Gasteiger partial charge in [-0.1, -0.05) is 58.3 Å². The predicted octanol–water partition coefficient (Wildman–Crippen LogP) is 3.64. The molecule has 0 spiro atoms. The Morgan fingerprint density at radius 3 is 1.60 bits per heavy atom. The van der Waals surface area contributed by atoms with Crippen LogP contribution in [-0.2, 0) is 0 Å². The Balaban J connectivity index is 3.62. The second-order valence-electron chi connectivity index (χ2n) is 6.34. The van der Waals surface area contributed by atoms with E-state index in [-0.39, 0.29) is 0 Å². The lowest BCUT2D eigenvalue weighted by Gasteiger charge is -2.21. The van der Waals surface area contributed by atoms with Gasteiger partial charge in [0.1, 0.15) is 0 Å². The fourth-order valence-electron chi connectivity index (χ4n) is 2.84. The lowest BCUT2D eigenvalue weighted by Crippen LogP contribution is -2.43. The molecule has 0 radical (unpaired) electrons. The van der Waals surface area contributed by atoms with E-state index in [9.17, 15) is 0 Å². The molecule has 120 valence electrons. The molecule has 3 heteroatoms. The number of nitrogens with zero attached hydrogens (tertiary/aromatic N) is 3. The summed E-state index contributed by atoms with van der Waals surface area (Å²) in [5, 5.41) is 0. The molecule has 0 aromatic carbocycles. The van der Waals surface area contributed by atoms with Gasteiger partial charge in [-0.2, -0.15) is 0 Å². The number of guanidine groups is 1. The zero-order chi connectivity index (χ0) is 15.4. The standard InChI is InChI=1S/C17H38N3/c1-7-8-9-10-11-12-13-14-15-16-20(6)17(18(2)3)19(4)5/h7-16H2,1-6H3/q+1. The molecule has 0 amide bonds. The fourth-order valence-corrected chi connectivity index (χ4v) is 2.84. The van der Waals surface area contributed by atoms with Crippen molar-refractivity contribution in [2.24, 2.45) is 0 Å². The lowest BCUT2D eigenvalue weighted by atomic mass is 10.1. The summed E-state index contributed by atoms with van der Waals surface area (Å²) in [5.74, 6) is 1.28.